The summed E-state index contributed by atoms with van der Waals surface area (Å²) in [6.45, 7) is 3.59. The quantitative estimate of drug-likeness (QED) is 0.724. The van der Waals surface area contributed by atoms with Gasteiger partial charge in [-0.2, -0.15) is 0 Å². The van der Waals surface area contributed by atoms with E-state index in [4.69, 9.17) is 4.74 Å². The number of methoxy groups -OCH3 is 1. The zero-order valence-corrected chi connectivity index (χ0v) is 8.44. The lowest BCUT2D eigenvalue weighted by molar-refractivity contribution is 0.178. The first-order valence-corrected chi connectivity index (χ1v) is 4.68. The number of ether oxygens (including phenoxy) is 1. The third-order valence-electron chi connectivity index (χ3n) is 2.04. The summed E-state index contributed by atoms with van der Waals surface area (Å²) in [5.74, 6) is 0.827. The van der Waals surface area contributed by atoms with Crippen molar-refractivity contribution in [3.63, 3.8) is 0 Å². The molecule has 1 rings (SSSR count). The Morgan fingerprint density at radius 3 is 3.00 bits per heavy atom. The van der Waals surface area contributed by atoms with Crippen LogP contribution in [0, 0.1) is 0 Å². The fraction of sp³-hybridized carbons (Fsp3) is 0.333. The minimum absolute atomic E-state index is 0.348. The van der Waals surface area contributed by atoms with Gasteiger partial charge in [-0.05, 0) is 30.5 Å². The first kappa shape index (κ1) is 10.8. The van der Waals surface area contributed by atoms with E-state index in [1.54, 1.807) is 13.2 Å². The Morgan fingerprint density at radius 1 is 1.57 bits per heavy atom. The van der Waals surface area contributed by atoms with Crippen molar-refractivity contribution < 1.29 is 9.84 Å². The van der Waals surface area contributed by atoms with Gasteiger partial charge in [0.05, 0.1) is 13.2 Å². The summed E-state index contributed by atoms with van der Waals surface area (Å²) in [5.41, 5.74) is 1.08. The van der Waals surface area contributed by atoms with Crippen LogP contribution in [0.5, 0.6) is 5.75 Å². The Labute approximate surface area is 84.8 Å². The molecule has 0 bridgehead atoms. The highest BCUT2D eigenvalue weighted by atomic mass is 16.5. The van der Waals surface area contributed by atoms with Crippen molar-refractivity contribution in [3.8, 4) is 5.75 Å². The van der Waals surface area contributed by atoms with E-state index in [9.17, 15) is 5.11 Å². The second-order valence-corrected chi connectivity index (χ2v) is 3.23. The smallest absolute Gasteiger partial charge is 0.119 e. The minimum atomic E-state index is -0.348. The van der Waals surface area contributed by atoms with Gasteiger partial charge in [-0.15, -0.1) is 6.58 Å². The molecule has 0 saturated carbocycles. The first-order valence-electron chi connectivity index (χ1n) is 4.68. The molecule has 2 heteroatoms. The van der Waals surface area contributed by atoms with E-state index in [-0.39, 0.29) is 6.10 Å². The van der Waals surface area contributed by atoms with Gasteiger partial charge in [-0.25, -0.2) is 0 Å². The van der Waals surface area contributed by atoms with Crippen LogP contribution >= 0.6 is 0 Å². The van der Waals surface area contributed by atoms with Gasteiger partial charge in [0.2, 0.25) is 0 Å². The minimum Gasteiger partial charge on any atom is -0.497 e. The third kappa shape index (κ3) is 3.23. The van der Waals surface area contributed by atoms with Crippen molar-refractivity contribution >= 4 is 0 Å². The fourth-order valence-electron chi connectivity index (χ4n) is 1.35. The van der Waals surface area contributed by atoms with Crippen LogP contribution in [0.4, 0.5) is 0 Å². The SMILES string of the molecule is C=CC[C@@H](O)Cc1cccc(OC)c1. The lowest BCUT2D eigenvalue weighted by Crippen LogP contribution is -2.08. The molecule has 0 aliphatic heterocycles. The summed E-state index contributed by atoms with van der Waals surface area (Å²) in [7, 11) is 1.64. The van der Waals surface area contributed by atoms with Gasteiger partial charge in [0, 0.05) is 0 Å². The first-order chi connectivity index (χ1) is 6.76. The molecule has 0 fully saturated rings. The van der Waals surface area contributed by atoms with Crippen LogP contribution in [0.3, 0.4) is 0 Å². The maximum absolute atomic E-state index is 9.55. The largest absolute Gasteiger partial charge is 0.497 e. The molecule has 0 spiro atoms. The van der Waals surface area contributed by atoms with Crippen molar-refractivity contribution in [2.75, 3.05) is 7.11 Å². The van der Waals surface area contributed by atoms with Crippen LogP contribution in [0.15, 0.2) is 36.9 Å². The summed E-state index contributed by atoms with van der Waals surface area (Å²) in [6, 6.07) is 7.74. The predicted molar refractivity (Wildman–Crippen MR) is 57.5 cm³/mol. The highest BCUT2D eigenvalue weighted by Gasteiger charge is 2.03. The number of aliphatic hydroxyl groups is 1. The molecule has 0 heterocycles. The molecule has 0 amide bonds. The van der Waals surface area contributed by atoms with Gasteiger partial charge in [0.25, 0.3) is 0 Å². The van der Waals surface area contributed by atoms with Crippen LogP contribution in [0.1, 0.15) is 12.0 Å². The van der Waals surface area contributed by atoms with Crippen LogP contribution in [-0.4, -0.2) is 18.3 Å². The molecule has 1 N–H and O–H groups in total. The van der Waals surface area contributed by atoms with Gasteiger partial charge >= 0.3 is 0 Å². The Bertz CT molecular complexity index is 294. The second kappa shape index (κ2) is 5.45. The summed E-state index contributed by atoms with van der Waals surface area (Å²) in [4.78, 5) is 0. The summed E-state index contributed by atoms with van der Waals surface area (Å²) in [6.07, 6.45) is 2.64. The van der Waals surface area contributed by atoms with E-state index in [1.165, 1.54) is 0 Å². The van der Waals surface area contributed by atoms with E-state index in [0.717, 1.165) is 11.3 Å². The molecule has 2 nitrogen and oxygen atoms in total. The molecule has 0 unspecified atom stereocenters. The molecule has 1 aromatic rings. The Kier molecular flexibility index (Phi) is 4.20. The average molecular weight is 192 g/mol. The van der Waals surface area contributed by atoms with Gasteiger partial charge < -0.3 is 9.84 Å². The van der Waals surface area contributed by atoms with Crippen LogP contribution in [0.2, 0.25) is 0 Å². The van der Waals surface area contributed by atoms with E-state index < -0.39 is 0 Å². The topological polar surface area (TPSA) is 29.5 Å². The maximum atomic E-state index is 9.55. The Morgan fingerprint density at radius 2 is 2.36 bits per heavy atom. The molecule has 0 aliphatic carbocycles. The summed E-state index contributed by atoms with van der Waals surface area (Å²) >= 11 is 0. The van der Waals surface area contributed by atoms with Crippen LogP contribution in [-0.2, 0) is 6.42 Å². The molecule has 0 saturated heterocycles. The molecular formula is C12H16O2. The standard InChI is InChI=1S/C12H16O2/c1-3-5-11(13)8-10-6-4-7-12(9-10)14-2/h3-4,6-7,9,11,13H,1,5,8H2,2H3/t11-/m1/s1. The van der Waals surface area contributed by atoms with Crippen molar-refractivity contribution in [2.45, 2.75) is 18.9 Å². The molecular weight excluding hydrogens is 176 g/mol. The third-order valence-corrected chi connectivity index (χ3v) is 2.04. The van der Waals surface area contributed by atoms with Crippen LogP contribution in [0.25, 0.3) is 0 Å². The molecule has 14 heavy (non-hydrogen) atoms. The second-order valence-electron chi connectivity index (χ2n) is 3.23. The van der Waals surface area contributed by atoms with Gasteiger partial charge in [-0.1, -0.05) is 18.2 Å². The number of hydrogen-bond donors (Lipinski definition) is 1. The van der Waals surface area contributed by atoms with Crippen molar-refractivity contribution in [3.05, 3.63) is 42.5 Å². The van der Waals surface area contributed by atoms with Crippen molar-refractivity contribution in [2.24, 2.45) is 0 Å². The zero-order chi connectivity index (χ0) is 10.4. The van der Waals surface area contributed by atoms with E-state index in [1.807, 2.05) is 24.3 Å². The molecule has 1 atom stereocenters. The van der Waals surface area contributed by atoms with E-state index >= 15 is 0 Å². The van der Waals surface area contributed by atoms with Gasteiger partial charge in [-0.3, -0.25) is 0 Å². The van der Waals surface area contributed by atoms with Gasteiger partial charge in [0.15, 0.2) is 0 Å². The highest BCUT2D eigenvalue weighted by Crippen LogP contribution is 2.14. The number of rotatable bonds is 5. The summed E-state index contributed by atoms with van der Waals surface area (Å²) in [5, 5.41) is 9.55. The molecule has 0 radical (unpaired) electrons. The average Bonchev–Trinajstić information content (AvgIpc) is 2.18. The summed E-state index contributed by atoms with van der Waals surface area (Å²) < 4.78 is 5.09. The molecule has 76 valence electrons. The Hall–Kier alpha value is -1.28. The lowest BCUT2D eigenvalue weighted by atomic mass is 10.1. The number of hydrogen-bond acceptors (Lipinski definition) is 2. The lowest BCUT2D eigenvalue weighted by Gasteiger charge is -2.08. The molecule has 0 aliphatic rings. The van der Waals surface area contributed by atoms with E-state index in [0.29, 0.717) is 12.8 Å². The fourth-order valence-corrected chi connectivity index (χ4v) is 1.35. The molecule has 0 aromatic heterocycles. The molecule has 1 aromatic carbocycles. The van der Waals surface area contributed by atoms with E-state index in [2.05, 4.69) is 6.58 Å². The number of benzene rings is 1. The zero-order valence-electron chi connectivity index (χ0n) is 8.44. The normalized spacial score (nSPS) is 12.1. The monoisotopic (exact) mass is 192 g/mol. The van der Waals surface area contributed by atoms with Crippen molar-refractivity contribution in [1.82, 2.24) is 0 Å². The van der Waals surface area contributed by atoms with Crippen molar-refractivity contribution in [1.29, 1.82) is 0 Å². The Balaban J connectivity index is 2.61. The predicted octanol–water partition coefficient (Wildman–Crippen LogP) is 2.17. The maximum Gasteiger partial charge on any atom is 0.119 e. The highest BCUT2D eigenvalue weighted by molar-refractivity contribution is 5.28. The number of aliphatic hydroxyl groups excluding tert-OH is 1. The van der Waals surface area contributed by atoms with Crippen LogP contribution < -0.4 is 4.74 Å². The van der Waals surface area contributed by atoms with Gasteiger partial charge in [0.1, 0.15) is 5.75 Å².